The molecule has 24 heavy (non-hydrogen) atoms. The number of allylic oxidation sites excluding steroid dienone is 2. The molecule has 0 aliphatic heterocycles. The van der Waals surface area contributed by atoms with Crippen LogP contribution in [0.25, 0.3) is 0 Å². The van der Waals surface area contributed by atoms with Crippen molar-refractivity contribution in [2.45, 2.75) is 65.3 Å². The van der Waals surface area contributed by atoms with Crippen molar-refractivity contribution in [3.63, 3.8) is 0 Å². The molecule has 129 valence electrons. The SMILES string of the molecule is CC1=C(C)C(C)([CH](C)[Pb])C(C)C1(C)CC=Nc1c(C)cccc1C. The van der Waals surface area contributed by atoms with Crippen LogP contribution in [0.5, 0.6) is 0 Å². The molecule has 0 aromatic heterocycles. The first-order chi connectivity index (χ1) is 11.1. The van der Waals surface area contributed by atoms with Gasteiger partial charge >= 0.3 is 165 Å². The van der Waals surface area contributed by atoms with Gasteiger partial charge in [-0.2, -0.15) is 0 Å². The summed E-state index contributed by atoms with van der Waals surface area (Å²) >= 11 is 1.25. The zero-order chi connectivity index (χ0) is 18.3. The number of aliphatic imine (C=N–C) groups is 1. The summed E-state index contributed by atoms with van der Waals surface area (Å²) in [5, 5.41) is 0. The standard InChI is InChI=1S/C22H32N.Pb/c1-9-21(7)17(4)18(5)22(8,19(21)6)13-14-23-20-15(2)11-10-12-16(20)3;/h9-12,14,19H,13H2,1-8H3;. The number of aryl methyl sites for hydroxylation is 2. The Morgan fingerprint density at radius 3 is 2.12 bits per heavy atom. The van der Waals surface area contributed by atoms with Gasteiger partial charge in [-0.3, -0.25) is 0 Å². The third-order valence-electron chi connectivity index (χ3n) is 7.16. The normalized spacial score (nSPS) is 32.0. The van der Waals surface area contributed by atoms with Crippen molar-refractivity contribution in [3.05, 3.63) is 40.5 Å². The van der Waals surface area contributed by atoms with Gasteiger partial charge in [-0.25, -0.2) is 0 Å². The second kappa shape index (κ2) is 7.05. The van der Waals surface area contributed by atoms with Crippen molar-refractivity contribution in [2.75, 3.05) is 0 Å². The van der Waals surface area contributed by atoms with E-state index in [1.54, 1.807) is 11.1 Å². The van der Waals surface area contributed by atoms with Crippen LogP contribution in [-0.2, 0) is 0 Å². The van der Waals surface area contributed by atoms with E-state index in [4.69, 9.17) is 4.99 Å². The summed E-state index contributed by atoms with van der Waals surface area (Å²) in [7, 11) is 0. The fourth-order valence-corrected chi connectivity index (χ4v) is 6.32. The molecular formula is C22H32NPb. The molecule has 4 atom stereocenters. The maximum atomic E-state index is 4.86. The van der Waals surface area contributed by atoms with Crippen LogP contribution in [0, 0.1) is 30.6 Å². The molecule has 0 fully saturated rings. The summed E-state index contributed by atoms with van der Waals surface area (Å²) in [6.45, 7) is 18.8. The Hall–Kier alpha value is -0.448. The molecule has 0 heterocycles. The number of benzene rings is 1. The van der Waals surface area contributed by atoms with Gasteiger partial charge in [0.2, 0.25) is 0 Å². The predicted octanol–water partition coefficient (Wildman–Crippen LogP) is 6.37. The van der Waals surface area contributed by atoms with Crippen LogP contribution >= 0.6 is 0 Å². The Morgan fingerprint density at radius 2 is 1.67 bits per heavy atom. The van der Waals surface area contributed by atoms with Gasteiger partial charge in [-0.1, -0.05) is 0 Å². The van der Waals surface area contributed by atoms with Crippen molar-refractivity contribution in [3.8, 4) is 0 Å². The summed E-state index contributed by atoms with van der Waals surface area (Å²) in [5.74, 6) is 0.655. The molecule has 1 aliphatic rings. The summed E-state index contributed by atoms with van der Waals surface area (Å²) in [6, 6.07) is 6.41. The van der Waals surface area contributed by atoms with Crippen LogP contribution < -0.4 is 0 Å². The molecule has 3 radical (unpaired) electrons. The van der Waals surface area contributed by atoms with E-state index in [0.717, 1.165) is 15.6 Å². The topological polar surface area (TPSA) is 12.4 Å². The molecule has 2 heteroatoms. The summed E-state index contributed by atoms with van der Waals surface area (Å²) in [5.41, 5.74) is 7.45. The molecule has 4 unspecified atom stereocenters. The van der Waals surface area contributed by atoms with Crippen LogP contribution in [0.3, 0.4) is 0 Å². The van der Waals surface area contributed by atoms with E-state index in [-0.39, 0.29) is 5.41 Å². The van der Waals surface area contributed by atoms with Gasteiger partial charge < -0.3 is 0 Å². The van der Waals surface area contributed by atoms with Crippen LogP contribution in [0.1, 0.15) is 59.1 Å². The van der Waals surface area contributed by atoms with E-state index >= 15 is 0 Å². The Labute approximate surface area is 164 Å². The van der Waals surface area contributed by atoms with Gasteiger partial charge in [0.05, 0.1) is 0 Å². The predicted molar refractivity (Wildman–Crippen MR) is 108 cm³/mol. The van der Waals surface area contributed by atoms with E-state index in [9.17, 15) is 0 Å². The van der Waals surface area contributed by atoms with Crippen molar-refractivity contribution in [1.29, 1.82) is 0 Å². The molecule has 0 bridgehead atoms. The quantitative estimate of drug-likeness (QED) is 0.250. The molecular weight excluding hydrogens is 485 g/mol. The first kappa shape index (κ1) is 19.9. The maximum absolute atomic E-state index is 4.86. The van der Waals surface area contributed by atoms with Gasteiger partial charge in [-0.05, 0) is 0 Å². The second-order valence-corrected chi connectivity index (χ2v) is 11.5. The van der Waals surface area contributed by atoms with E-state index in [2.05, 4.69) is 79.8 Å². The van der Waals surface area contributed by atoms with Crippen LogP contribution in [0.4, 0.5) is 5.69 Å². The van der Waals surface area contributed by atoms with Crippen LogP contribution in [0.15, 0.2) is 34.3 Å². The first-order valence-electron chi connectivity index (χ1n) is 9.05. The van der Waals surface area contributed by atoms with Crippen molar-refractivity contribution < 1.29 is 0 Å². The van der Waals surface area contributed by atoms with Gasteiger partial charge in [-0.15, -0.1) is 0 Å². The first-order valence-corrected chi connectivity index (χ1v) is 11.3. The minimum absolute atomic E-state index is 0.220. The third-order valence-corrected chi connectivity index (χ3v) is 9.49. The fourth-order valence-electron chi connectivity index (χ4n) is 4.51. The number of para-hydroxylation sites is 1. The number of rotatable bonds is 4. The van der Waals surface area contributed by atoms with E-state index in [1.165, 1.54) is 36.9 Å². The monoisotopic (exact) mass is 518 g/mol. The zero-order valence-electron chi connectivity index (χ0n) is 16.6. The number of hydrogen-bond donors (Lipinski definition) is 0. The molecule has 0 amide bonds. The van der Waals surface area contributed by atoms with Crippen molar-refractivity contribution in [2.24, 2.45) is 21.7 Å². The molecule has 1 aromatic rings. The van der Waals surface area contributed by atoms with Crippen LogP contribution in [-0.4, -0.2) is 32.0 Å². The Bertz CT molecular complexity index is 665. The Morgan fingerprint density at radius 1 is 1.12 bits per heavy atom. The molecule has 0 spiro atoms. The molecule has 1 aromatic carbocycles. The van der Waals surface area contributed by atoms with Crippen molar-refractivity contribution >= 4 is 37.7 Å². The third kappa shape index (κ3) is 3.06. The average Bonchev–Trinajstić information content (AvgIpc) is 2.65. The van der Waals surface area contributed by atoms with Gasteiger partial charge in [0.1, 0.15) is 0 Å². The van der Waals surface area contributed by atoms with Gasteiger partial charge in [0, 0.05) is 0 Å². The summed E-state index contributed by atoms with van der Waals surface area (Å²) in [6.07, 6.45) is 3.20. The Balaban J connectivity index is 2.31. The van der Waals surface area contributed by atoms with Crippen LogP contribution in [0.2, 0.25) is 3.48 Å². The summed E-state index contributed by atoms with van der Waals surface area (Å²) < 4.78 is 0.792. The Kier molecular flexibility index (Phi) is 5.84. The fraction of sp³-hybridized carbons (Fsp3) is 0.591. The number of nitrogens with zero attached hydrogens (tertiary/aromatic N) is 1. The van der Waals surface area contributed by atoms with E-state index in [1.807, 2.05) is 0 Å². The second-order valence-electron chi connectivity index (χ2n) is 8.15. The minimum atomic E-state index is 0.220. The summed E-state index contributed by atoms with van der Waals surface area (Å²) in [4.78, 5) is 4.86. The molecule has 2 rings (SSSR count). The molecule has 1 nitrogen and oxygen atoms in total. The van der Waals surface area contributed by atoms with Gasteiger partial charge in [0.25, 0.3) is 0 Å². The molecule has 0 N–H and O–H groups in total. The molecule has 0 saturated heterocycles. The van der Waals surface area contributed by atoms with Gasteiger partial charge in [0.15, 0.2) is 0 Å². The van der Waals surface area contributed by atoms with E-state index < -0.39 is 0 Å². The molecule has 0 saturated carbocycles. The molecule has 1 aliphatic carbocycles. The zero-order valence-corrected chi connectivity index (χ0v) is 20.5. The number of hydrogen-bond acceptors (Lipinski definition) is 1. The van der Waals surface area contributed by atoms with Crippen molar-refractivity contribution in [1.82, 2.24) is 0 Å². The van der Waals surface area contributed by atoms with E-state index in [0.29, 0.717) is 11.3 Å². The average molecular weight is 518 g/mol.